The average molecular weight is 197 g/mol. The fraction of sp³-hybridized carbons (Fsp3) is 0.900. The van der Waals surface area contributed by atoms with Crippen molar-refractivity contribution in [2.24, 2.45) is 0 Å². The Morgan fingerprint density at radius 3 is 2.57 bits per heavy atom. The zero-order valence-electron chi connectivity index (χ0n) is 8.59. The molecule has 2 saturated heterocycles. The highest BCUT2D eigenvalue weighted by Gasteiger charge is 2.26. The number of hydrogen-bond acceptors (Lipinski definition) is 3. The van der Waals surface area contributed by atoms with Gasteiger partial charge in [0.25, 0.3) is 0 Å². The molecular formula is C10H19N3O. The normalized spacial score (nSPS) is 28.9. The van der Waals surface area contributed by atoms with Gasteiger partial charge in [-0.3, -0.25) is 4.79 Å². The van der Waals surface area contributed by atoms with E-state index >= 15 is 0 Å². The summed E-state index contributed by atoms with van der Waals surface area (Å²) in [5, 5.41) is 6.56. The van der Waals surface area contributed by atoms with Gasteiger partial charge in [-0.2, -0.15) is 0 Å². The Kier molecular flexibility index (Phi) is 3.37. The Bertz CT molecular complexity index is 176. The summed E-state index contributed by atoms with van der Waals surface area (Å²) in [6, 6.07) is 0.0989. The van der Waals surface area contributed by atoms with E-state index in [1.165, 1.54) is 12.8 Å². The minimum absolute atomic E-state index is 0.0989. The SMILES string of the molecule is O=C(C1CCCCN1)N1CCNCC1. The van der Waals surface area contributed by atoms with Gasteiger partial charge in [0.2, 0.25) is 5.91 Å². The Hall–Kier alpha value is -0.610. The van der Waals surface area contributed by atoms with E-state index in [1.54, 1.807) is 0 Å². The Morgan fingerprint density at radius 1 is 1.14 bits per heavy atom. The van der Waals surface area contributed by atoms with Crippen molar-refractivity contribution in [2.75, 3.05) is 32.7 Å². The molecule has 1 amide bonds. The average Bonchev–Trinajstić information content (AvgIpc) is 2.30. The van der Waals surface area contributed by atoms with Gasteiger partial charge < -0.3 is 15.5 Å². The smallest absolute Gasteiger partial charge is 0.239 e. The van der Waals surface area contributed by atoms with Crippen molar-refractivity contribution in [1.29, 1.82) is 0 Å². The van der Waals surface area contributed by atoms with E-state index in [0.29, 0.717) is 5.91 Å². The summed E-state index contributed by atoms with van der Waals surface area (Å²) >= 11 is 0. The minimum atomic E-state index is 0.0989. The highest BCUT2D eigenvalue weighted by molar-refractivity contribution is 5.82. The number of nitrogens with one attached hydrogen (secondary N) is 2. The number of nitrogens with zero attached hydrogens (tertiary/aromatic N) is 1. The van der Waals surface area contributed by atoms with E-state index in [1.807, 2.05) is 4.90 Å². The molecule has 1 unspecified atom stereocenters. The molecular weight excluding hydrogens is 178 g/mol. The molecule has 14 heavy (non-hydrogen) atoms. The lowest BCUT2D eigenvalue weighted by atomic mass is 10.0. The number of rotatable bonds is 1. The predicted molar refractivity (Wildman–Crippen MR) is 55.1 cm³/mol. The van der Waals surface area contributed by atoms with Gasteiger partial charge in [0.05, 0.1) is 6.04 Å². The molecule has 0 aromatic rings. The van der Waals surface area contributed by atoms with Crippen molar-refractivity contribution < 1.29 is 4.79 Å². The van der Waals surface area contributed by atoms with Crippen molar-refractivity contribution in [3.63, 3.8) is 0 Å². The number of carbonyl (C=O) groups is 1. The minimum Gasteiger partial charge on any atom is -0.339 e. The summed E-state index contributed by atoms with van der Waals surface area (Å²) in [5.41, 5.74) is 0. The molecule has 4 nitrogen and oxygen atoms in total. The number of carbonyl (C=O) groups excluding carboxylic acids is 1. The Labute approximate surface area is 85.0 Å². The summed E-state index contributed by atoms with van der Waals surface area (Å²) in [7, 11) is 0. The number of piperazine rings is 1. The maximum atomic E-state index is 12.0. The third-order valence-electron chi connectivity index (χ3n) is 3.04. The number of piperidine rings is 1. The first-order valence-electron chi connectivity index (χ1n) is 5.61. The van der Waals surface area contributed by atoms with Crippen molar-refractivity contribution in [3.05, 3.63) is 0 Å². The van der Waals surface area contributed by atoms with Crippen LogP contribution in [0.5, 0.6) is 0 Å². The number of hydrogen-bond donors (Lipinski definition) is 2. The van der Waals surface area contributed by atoms with Gasteiger partial charge >= 0.3 is 0 Å². The van der Waals surface area contributed by atoms with Crippen molar-refractivity contribution in [1.82, 2.24) is 15.5 Å². The molecule has 0 spiro atoms. The molecule has 2 N–H and O–H groups in total. The van der Waals surface area contributed by atoms with Crippen LogP contribution in [0.15, 0.2) is 0 Å². The summed E-state index contributed by atoms with van der Waals surface area (Å²) in [4.78, 5) is 14.0. The quantitative estimate of drug-likeness (QED) is 0.599. The van der Waals surface area contributed by atoms with Gasteiger partial charge in [-0.1, -0.05) is 6.42 Å². The van der Waals surface area contributed by atoms with Gasteiger partial charge in [-0.05, 0) is 19.4 Å². The van der Waals surface area contributed by atoms with Gasteiger partial charge in [0.1, 0.15) is 0 Å². The van der Waals surface area contributed by atoms with E-state index in [-0.39, 0.29) is 6.04 Å². The lowest BCUT2D eigenvalue weighted by molar-refractivity contribution is -0.134. The second-order valence-corrected chi connectivity index (χ2v) is 4.08. The van der Waals surface area contributed by atoms with Crippen molar-refractivity contribution in [2.45, 2.75) is 25.3 Å². The zero-order valence-corrected chi connectivity index (χ0v) is 8.59. The fourth-order valence-electron chi connectivity index (χ4n) is 2.17. The summed E-state index contributed by atoms with van der Waals surface area (Å²) in [6.45, 7) is 4.63. The second kappa shape index (κ2) is 4.75. The molecule has 0 saturated carbocycles. The van der Waals surface area contributed by atoms with E-state index in [4.69, 9.17) is 0 Å². The molecule has 0 aromatic heterocycles. The number of amides is 1. The topological polar surface area (TPSA) is 44.4 Å². The first kappa shape index (κ1) is 9.93. The summed E-state index contributed by atoms with van der Waals surface area (Å²) in [5.74, 6) is 0.311. The van der Waals surface area contributed by atoms with Crippen LogP contribution < -0.4 is 10.6 Å². The standard InChI is InChI=1S/C10H19N3O/c14-10(9-3-1-2-4-12-9)13-7-5-11-6-8-13/h9,11-12H,1-8H2. The van der Waals surface area contributed by atoms with Gasteiger partial charge in [0.15, 0.2) is 0 Å². The van der Waals surface area contributed by atoms with Crippen LogP contribution >= 0.6 is 0 Å². The third kappa shape index (κ3) is 2.25. The van der Waals surface area contributed by atoms with Crippen molar-refractivity contribution >= 4 is 5.91 Å². The van der Waals surface area contributed by atoms with Crippen LogP contribution in [0.3, 0.4) is 0 Å². The molecule has 0 aliphatic carbocycles. The van der Waals surface area contributed by atoms with Crippen LogP contribution in [0.1, 0.15) is 19.3 Å². The lowest BCUT2D eigenvalue weighted by Crippen LogP contribution is -2.54. The molecule has 0 aromatic carbocycles. The van der Waals surface area contributed by atoms with Crippen LogP contribution in [-0.2, 0) is 4.79 Å². The molecule has 0 bridgehead atoms. The maximum Gasteiger partial charge on any atom is 0.239 e. The summed E-state index contributed by atoms with van der Waals surface area (Å²) < 4.78 is 0. The second-order valence-electron chi connectivity index (χ2n) is 4.08. The third-order valence-corrected chi connectivity index (χ3v) is 3.04. The fourth-order valence-corrected chi connectivity index (χ4v) is 2.17. The highest BCUT2D eigenvalue weighted by Crippen LogP contribution is 2.10. The van der Waals surface area contributed by atoms with Gasteiger partial charge in [-0.25, -0.2) is 0 Å². The van der Waals surface area contributed by atoms with Crippen LogP contribution in [-0.4, -0.2) is 49.6 Å². The molecule has 0 radical (unpaired) electrons. The largest absolute Gasteiger partial charge is 0.339 e. The van der Waals surface area contributed by atoms with Crippen LogP contribution in [0.25, 0.3) is 0 Å². The van der Waals surface area contributed by atoms with Gasteiger partial charge in [-0.15, -0.1) is 0 Å². The maximum absolute atomic E-state index is 12.0. The van der Waals surface area contributed by atoms with E-state index in [9.17, 15) is 4.79 Å². The zero-order chi connectivity index (χ0) is 9.80. The first-order chi connectivity index (χ1) is 6.88. The first-order valence-corrected chi connectivity index (χ1v) is 5.61. The lowest BCUT2D eigenvalue weighted by Gasteiger charge is -2.32. The monoisotopic (exact) mass is 197 g/mol. The highest BCUT2D eigenvalue weighted by atomic mass is 16.2. The molecule has 80 valence electrons. The summed E-state index contributed by atoms with van der Waals surface area (Å²) in [6.07, 6.45) is 3.42. The van der Waals surface area contributed by atoms with Crippen molar-refractivity contribution in [3.8, 4) is 0 Å². The van der Waals surface area contributed by atoms with E-state index in [0.717, 1.165) is 39.1 Å². The molecule has 4 heteroatoms. The molecule has 2 rings (SSSR count). The van der Waals surface area contributed by atoms with E-state index in [2.05, 4.69) is 10.6 Å². The molecule has 2 aliphatic heterocycles. The molecule has 2 aliphatic rings. The predicted octanol–water partition coefficient (Wildman–Crippen LogP) is -0.440. The Balaban J connectivity index is 1.85. The van der Waals surface area contributed by atoms with Crippen LogP contribution in [0, 0.1) is 0 Å². The van der Waals surface area contributed by atoms with Crippen LogP contribution in [0.2, 0.25) is 0 Å². The molecule has 2 fully saturated rings. The Morgan fingerprint density at radius 2 is 1.93 bits per heavy atom. The van der Waals surface area contributed by atoms with Crippen LogP contribution in [0.4, 0.5) is 0 Å². The molecule has 2 heterocycles. The van der Waals surface area contributed by atoms with Gasteiger partial charge in [0, 0.05) is 26.2 Å². The molecule has 1 atom stereocenters. The van der Waals surface area contributed by atoms with E-state index < -0.39 is 0 Å².